The van der Waals surface area contributed by atoms with Gasteiger partial charge in [-0.1, -0.05) is 28.1 Å². The van der Waals surface area contributed by atoms with Gasteiger partial charge in [0.2, 0.25) is 0 Å². The van der Waals surface area contributed by atoms with E-state index >= 15 is 0 Å². The normalized spacial score (nSPS) is 16.4. The average Bonchev–Trinajstić information content (AvgIpc) is 2.02. The zero-order valence-electron chi connectivity index (χ0n) is 7.27. The lowest BCUT2D eigenvalue weighted by Gasteiger charge is -2.28. The zero-order chi connectivity index (χ0) is 11.0. The molecule has 1 nitrogen and oxygen atoms in total. The van der Waals surface area contributed by atoms with Crippen LogP contribution in [0.3, 0.4) is 0 Å². The molecule has 1 N–H and O–H groups in total. The van der Waals surface area contributed by atoms with Gasteiger partial charge in [-0.15, -0.1) is 0 Å². The first-order valence-corrected chi connectivity index (χ1v) is 5.39. The maximum Gasteiger partial charge on any atom is 0.333 e. The van der Waals surface area contributed by atoms with Gasteiger partial charge >= 0.3 is 4.83 Å². The second kappa shape index (κ2) is 3.87. The van der Waals surface area contributed by atoms with Gasteiger partial charge in [0, 0.05) is 4.47 Å². The van der Waals surface area contributed by atoms with Crippen LogP contribution in [-0.2, 0) is 5.60 Å². The molecule has 1 atom stereocenters. The summed E-state index contributed by atoms with van der Waals surface area (Å²) in [6, 6.07) is 6.19. The molecule has 0 aromatic heterocycles. The fraction of sp³-hybridized carbons (Fsp3) is 0.333. The van der Waals surface area contributed by atoms with E-state index in [1.165, 1.54) is 12.1 Å². The molecule has 0 radical (unpaired) electrons. The quantitative estimate of drug-likeness (QED) is 0.821. The molecule has 78 valence electrons. The molecule has 0 aliphatic carbocycles. The molecule has 14 heavy (non-hydrogen) atoms. The van der Waals surface area contributed by atoms with Crippen LogP contribution in [0.15, 0.2) is 28.7 Å². The molecule has 1 aromatic carbocycles. The Kier molecular flexibility index (Phi) is 3.33. The molecular weight excluding hydrogens is 322 g/mol. The van der Waals surface area contributed by atoms with Crippen molar-refractivity contribution in [1.29, 1.82) is 0 Å². The number of halogens is 4. The molecule has 0 spiro atoms. The summed E-state index contributed by atoms with van der Waals surface area (Å²) in [5.41, 5.74) is -2.08. The maximum absolute atomic E-state index is 13.0. The summed E-state index contributed by atoms with van der Waals surface area (Å²) in [5, 5.41) is 9.63. The van der Waals surface area contributed by atoms with Crippen LogP contribution in [0.5, 0.6) is 0 Å². The fourth-order valence-electron chi connectivity index (χ4n) is 0.955. The van der Waals surface area contributed by atoms with Gasteiger partial charge in [0.25, 0.3) is 0 Å². The van der Waals surface area contributed by atoms with Crippen LogP contribution in [0, 0.1) is 0 Å². The third-order valence-electron chi connectivity index (χ3n) is 1.94. The Hall–Kier alpha value is -0.000000000000000111. The van der Waals surface area contributed by atoms with Crippen LogP contribution in [-0.4, -0.2) is 9.94 Å². The minimum Gasteiger partial charge on any atom is -0.378 e. The van der Waals surface area contributed by atoms with Crippen LogP contribution in [0.25, 0.3) is 0 Å². The first-order valence-electron chi connectivity index (χ1n) is 3.80. The van der Waals surface area contributed by atoms with E-state index in [4.69, 9.17) is 0 Å². The summed E-state index contributed by atoms with van der Waals surface area (Å²) in [6.07, 6.45) is 0. The minimum absolute atomic E-state index is 0.147. The van der Waals surface area contributed by atoms with Crippen LogP contribution >= 0.6 is 31.9 Å². The Bertz CT molecular complexity index is 334. The Labute approximate surface area is 97.4 Å². The maximum atomic E-state index is 13.0. The lowest BCUT2D eigenvalue weighted by atomic mass is 9.97. The summed E-state index contributed by atoms with van der Waals surface area (Å²) < 4.78 is 26.6. The molecule has 1 unspecified atom stereocenters. The number of benzene rings is 1. The van der Waals surface area contributed by atoms with E-state index in [9.17, 15) is 13.9 Å². The second-order valence-corrected chi connectivity index (χ2v) is 4.99. The van der Waals surface area contributed by atoms with Crippen molar-refractivity contribution in [3.8, 4) is 0 Å². The van der Waals surface area contributed by atoms with Gasteiger partial charge < -0.3 is 5.11 Å². The predicted molar refractivity (Wildman–Crippen MR) is 57.6 cm³/mol. The van der Waals surface area contributed by atoms with Gasteiger partial charge in [-0.25, -0.2) is 0 Å². The Balaban J connectivity index is 3.16. The van der Waals surface area contributed by atoms with E-state index in [1.54, 1.807) is 12.1 Å². The van der Waals surface area contributed by atoms with Crippen molar-refractivity contribution in [2.45, 2.75) is 17.4 Å². The third-order valence-corrected chi connectivity index (χ3v) is 3.20. The van der Waals surface area contributed by atoms with Gasteiger partial charge in [0.1, 0.15) is 0 Å². The van der Waals surface area contributed by atoms with Gasteiger partial charge in [0.15, 0.2) is 5.60 Å². The highest BCUT2D eigenvalue weighted by Gasteiger charge is 2.48. The van der Waals surface area contributed by atoms with Crippen molar-refractivity contribution in [3.05, 3.63) is 34.3 Å². The van der Waals surface area contributed by atoms with Crippen molar-refractivity contribution >= 4 is 31.9 Å². The topological polar surface area (TPSA) is 20.2 Å². The molecule has 0 amide bonds. The molecule has 0 aliphatic heterocycles. The zero-order valence-corrected chi connectivity index (χ0v) is 10.4. The van der Waals surface area contributed by atoms with E-state index in [0.717, 1.165) is 6.92 Å². The SMILES string of the molecule is CC(O)(c1cccc(Br)c1)C(F)(F)Br. The number of aliphatic hydroxyl groups is 1. The number of alkyl halides is 3. The number of rotatable bonds is 2. The highest BCUT2D eigenvalue weighted by Crippen LogP contribution is 2.42. The van der Waals surface area contributed by atoms with Crippen molar-refractivity contribution < 1.29 is 13.9 Å². The molecule has 0 saturated heterocycles. The van der Waals surface area contributed by atoms with Crippen LogP contribution < -0.4 is 0 Å². The van der Waals surface area contributed by atoms with E-state index in [2.05, 4.69) is 31.9 Å². The molecule has 0 fully saturated rings. The summed E-state index contributed by atoms with van der Waals surface area (Å²) in [6.45, 7) is 1.06. The standard InChI is InChI=1S/C9H8Br2F2O/c1-8(14,9(11,12)13)6-3-2-4-7(10)5-6/h2-5,14H,1H3. The lowest BCUT2D eigenvalue weighted by Crippen LogP contribution is -2.37. The molecule has 1 rings (SSSR count). The van der Waals surface area contributed by atoms with Gasteiger partial charge in [-0.05, 0) is 40.5 Å². The molecular formula is C9H8Br2F2O. The summed E-state index contributed by atoms with van der Waals surface area (Å²) >= 11 is 5.31. The van der Waals surface area contributed by atoms with Crippen molar-refractivity contribution in [2.24, 2.45) is 0 Å². The van der Waals surface area contributed by atoms with E-state index in [0.29, 0.717) is 4.47 Å². The number of hydrogen-bond donors (Lipinski definition) is 1. The first kappa shape index (κ1) is 12.1. The monoisotopic (exact) mass is 328 g/mol. The summed E-state index contributed by atoms with van der Waals surface area (Å²) in [4.78, 5) is -3.36. The molecule has 0 saturated carbocycles. The Morgan fingerprint density at radius 2 is 1.93 bits per heavy atom. The summed E-state index contributed by atoms with van der Waals surface area (Å²) in [5.74, 6) is 0. The molecule has 0 bridgehead atoms. The Morgan fingerprint density at radius 3 is 2.36 bits per heavy atom. The highest BCUT2D eigenvalue weighted by molar-refractivity contribution is 9.10. The van der Waals surface area contributed by atoms with Crippen molar-refractivity contribution in [1.82, 2.24) is 0 Å². The molecule has 0 heterocycles. The Morgan fingerprint density at radius 1 is 1.36 bits per heavy atom. The van der Waals surface area contributed by atoms with Crippen LogP contribution in [0.1, 0.15) is 12.5 Å². The van der Waals surface area contributed by atoms with Crippen LogP contribution in [0.4, 0.5) is 8.78 Å². The smallest absolute Gasteiger partial charge is 0.333 e. The largest absolute Gasteiger partial charge is 0.378 e. The van der Waals surface area contributed by atoms with Crippen molar-refractivity contribution in [3.63, 3.8) is 0 Å². The van der Waals surface area contributed by atoms with E-state index in [-0.39, 0.29) is 5.56 Å². The predicted octanol–water partition coefficient (Wildman–Crippen LogP) is 3.64. The molecule has 0 aliphatic rings. The molecule has 5 heteroatoms. The third kappa shape index (κ3) is 2.32. The summed E-state index contributed by atoms with van der Waals surface area (Å²) in [7, 11) is 0. The molecule has 1 aromatic rings. The van der Waals surface area contributed by atoms with E-state index in [1.807, 2.05) is 0 Å². The minimum atomic E-state index is -3.36. The van der Waals surface area contributed by atoms with Crippen molar-refractivity contribution in [2.75, 3.05) is 0 Å². The van der Waals surface area contributed by atoms with Gasteiger partial charge in [-0.3, -0.25) is 0 Å². The highest BCUT2D eigenvalue weighted by atomic mass is 79.9. The van der Waals surface area contributed by atoms with E-state index < -0.39 is 10.4 Å². The van der Waals surface area contributed by atoms with Crippen LogP contribution in [0.2, 0.25) is 0 Å². The average molecular weight is 330 g/mol. The van der Waals surface area contributed by atoms with Gasteiger partial charge in [-0.2, -0.15) is 8.78 Å². The first-order chi connectivity index (χ1) is 6.25. The number of hydrogen-bond acceptors (Lipinski definition) is 1. The van der Waals surface area contributed by atoms with Gasteiger partial charge in [0.05, 0.1) is 0 Å². The second-order valence-electron chi connectivity index (χ2n) is 3.08. The fourth-order valence-corrected chi connectivity index (χ4v) is 1.58. The lowest BCUT2D eigenvalue weighted by molar-refractivity contribution is -0.109.